The van der Waals surface area contributed by atoms with Crippen LogP contribution in [0.4, 0.5) is 0 Å². The van der Waals surface area contributed by atoms with E-state index in [0.29, 0.717) is 0 Å². The van der Waals surface area contributed by atoms with Gasteiger partial charge in [-0.25, -0.2) is 15.0 Å². The van der Waals surface area contributed by atoms with Crippen LogP contribution in [0.3, 0.4) is 0 Å². The van der Waals surface area contributed by atoms with Gasteiger partial charge in [-0.15, -0.1) is 0 Å². The zero-order valence-electron chi connectivity index (χ0n) is 48.3. The lowest BCUT2D eigenvalue weighted by atomic mass is 10.0. The summed E-state index contributed by atoms with van der Waals surface area (Å²) in [5, 5.41) is 5.12. The van der Waals surface area contributed by atoms with Crippen LogP contribution in [0.25, 0.3) is 150 Å². The second-order valence-corrected chi connectivity index (χ2v) is 22.4. The van der Waals surface area contributed by atoms with Crippen molar-refractivity contribution in [3.05, 3.63) is 328 Å². The number of benzene rings is 13. The van der Waals surface area contributed by atoms with Crippen molar-refractivity contribution >= 4 is 76.7 Å². The molecule has 0 aliphatic rings. The van der Waals surface area contributed by atoms with Crippen molar-refractivity contribution in [3.8, 4) is 73.7 Å². The van der Waals surface area contributed by atoms with E-state index in [-0.39, 0.29) is 0 Å². The number of hydrogen-bond acceptors (Lipinski definition) is 3. The van der Waals surface area contributed by atoms with Gasteiger partial charge >= 0.3 is 0 Å². The van der Waals surface area contributed by atoms with Crippen LogP contribution in [0.1, 0.15) is 0 Å². The molecule has 5 heterocycles. The Morgan fingerprint density at radius 2 is 0.416 bits per heavy atom. The normalized spacial score (nSPS) is 11.6. The topological polar surface area (TPSA) is 63.3 Å². The van der Waals surface area contributed by atoms with E-state index in [2.05, 4.69) is 314 Å². The lowest BCUT2D eigenvalue weighted by Gasteiger charge is -2.15. The van der Waals surface area contributed by atoms with Crippen LogP contribution in [-0.4, -0.2) is 37.8 Å². The van der Waals surface area contributed by atoms with E-state index in [4.69, 9.17) is 15.0 Å². The maximum Gasteiger partial charge on any atom is 0.145 e. The molecule has 8 heteroatoms. The van der Waals surface area contributed by atoms with Gasteiger partial charge in [0.25, 0.3) is 0 Å². The van der Waals surface area contributed by atoms with Crippen LogP contribution in [0.2, 0.25) is 0 Å². The number of imidazole rings is 3. The van der Waals surface area contributed by atoms with Crippen LogP contribution in [0.5, 0.6) is 0 Å². The maximum atomic E-state index is 5.28. The Hall–Kier alpha value is -12.1. The summed E-state index contributed by atoms with van der Waals surface area (Å²) in [4.78, 5) is 15.9. The molecule has 13 aromatic carbocycles. The molecule has 18 rings (SSSR count). The lowest BCUT2D eigenvalue weighted by Crippen LogP contribution is -2.02. The van der Waals surface area contributed by atoms with Crippen LogP contribution in [-0.2, 0) is 0 Å². The number of rotatable bonds is 9. The SMILES string of the molecule is c1cc(-c2cccc(-n3c4ccccc4c4ccccc43)c2)cc(-n2c3ccccc3c3ccccc32)c1.c1ccc(-n2c(-c3cc(-c4nc5ccccc5n4-c4ccccc4)cc(-c4nc5ccccc5n4-c4ccccc4)c3)nc3ccccc32)cc1. The molecule has 5 aromatic heterocycles. The fourth-order valence-electron chi connectivity index (χ4n) is 13.2. The van der Waals surface area contributed by atoms with Gasteiger partial charge in [0.05, 0.1) is 55.2 Å². The van der Waals surface area contributed by atoms with Crippen molar-refractivity contribution in [2.45, 2.75) is 0 Å². The number of aromatic nitrogens is 8. The fraction of sp³-hybridized carbons (Fsp3) is 0. The zero-order chi connectivity index (χ0) is 58.8. The van der Waals surface area contributed by atoms with Gasteiger partial charge in [-0.3, -0.25) is 13.7 Å². The Bertz CT molecular complexity index is 5100. The minimum atomic E-state index is 0.843. The summed E-state index contributed by atoms with van der Waals surface area (Å²) in [6.45, 7) is 0. The van der Waals surface area contributed by atoms with E-state index in [1.165, 1.54) is 66.1 Å². The fourth-order valence-corrected chi connectivity index (χ4v) is 13.2. The van der Waals surface area contributed by atoms with Crippen molar-refractivity contribution in [1.29, 1.82) is 0 Å². The summed E-state index contributed by atoms with van der Waals surface area (Å²) in [7, 11) is 0. The van der Waals surface area contributed by atoms with Crippen LogP contribution < -0.4 is 0 Å². The predicted octanol–water partition coefficient (Wildman–Crippen LogP) is 20.3. The van der Waals surface area contributed by atoms with Crippen molar-refractivity contribution in [3.63, 3.8) is 0 Å². The quantitative estimate of drug-likeness (QED) is 0.145. The van der Waals surface area contributed by atoms with Gasteiger partial charge in [0.1, 0.15) is 17.5 Å². The second kappa shape index (κ2) is 21.4. The van der Waals surface area contributed by atoms with E-state index in [0.717, 1.165) is 84.3 Å². The van der Waals surface area contributed by atoms with Gasteiger partial charge in [-0.05, 0) is 151 Å². The van der Waals surface area contributed by atoms with Gasteiger partial charge in [0.15, 0.2) is 0 Å². The highest BCUT2D eigenvalue weighted by Gasteiger charge is 2.23. The first-order valence-corrected chi connectivity index (χ1v) is 30.1. The largest absolute Gasteiger partial charge is 0.309 e. The third-order valence-electron chi connectivity index (χ3n) is 17.1. The molecule has 0 spiro atoms. The van der Waals surface area contributed by atoms with E-state index in [9.17, 15) is 0 Å². The number of nitrogens with zero attached hydrogens (tertiary/aromatic N) is 8. The number of para-hydroxylation sites is 13. The molecule has 8 nitrogen and oxygen atoms in total. The summed E-state index contributed by atoms with van der Waals surface area (Å²) in [6.07, 6.45) is 0. The molecule has 418 valence electrons. The molecular formula is C81H54N8. The van der Waals surface area contributed by atoms with Crippen molar-refractivity contribution < 1.29 is 0 Å². The average molecular weight is 1140 g/mol. The molecule has 0 bridgehead atoms. The van der Waals surface area contributed by atoms with E-state index < -0.39 is 0 Å². The van der Waals surface area contributed by atoms with Gasteiger partial charge in [-0.2, -0.15) is 0 Å². The average Bonchev–Trinajstić information content (AvgIpc) is 2.29. The first kappa shape index (κ1) is 51.3. The molecule has 0 fully saturated rings. The molecule has 0 aliphatic heterocycles. The molecule has 0 saturated heterocycles. The number of hydrogen-bond donors (Lipinski definition) is 0. The zero-order valence-corrected chi connectivity index (χ0v) is 48.3. The van der Waals surface area contributed by atoms with Crippen molar-refractivity contribution in [2.75, 3.05) is 0 Å². The highest BCUT2D eigenvalue weighted by atomic mass is 15.1. The molecule has 89 heavy (non-hydrogen) atoms. The lowest BCUT2D eigenvalue weighted by molar-refractivity contribution is 1.09. The minimum Gasteiger partial charge on any atom is -0.309 e. The van der Waals surface area contributed by atoms with E-state index in [1.807, 2.05) is 36.4 Å². The van der Waals surface area contributed by atoms with Gasteiger partial charge in [-0.1, -0.05) is 188 Å². The van der Waals surface area contributed by atoms with Crippen LogP contribution in [0.15, 0.2) is 328 Å². The summed E-state index contributed by atoms with van der Waals surface area (Å²) in [5.74, 6) is 2.53. The van der Waals surface area contributed by atoms with Gasteiger partial charge in [0, 0.05) is 66.7 Å². The highest BCUT2D eigenvalue weighted by molar-refractivity contribution is 6.10. The summed E-state index contributed by atoms with van der Waals surface area (Å²) >= 11 is 0. The molecular weight excluding hydrogens is 1080 g/mol. The molecule has 0 saturated carbocycles. The first-order chi connectivity index (χ1) is 44.2. The Morgan fingerprint density at radius 1 is 0.169 bits per heavy atom. The third-order valence-corrected chi connectivity index (χ3v) is 17.1. The van der Waals surface area contributed by atoms with Gasteiger partial charge in [0.2, 0.25) is 0 Å². The number of fused-ring (bicyclic) bond motifs is 9. The molecule has 0 unspecified atom stereocenters. The second-order valence-electron chi connectivity index (χ2n) is 22.4. The Kier molecular flexibility index (Phi) is 12.4. The van der Waals surface area contributed by atoms with Crippen molar-refractivity contribution in [1.82, 2.24) is 37.8 Å². The smallest absolute Gasteiger partial charge is 0.145 e. The minimum absolute atomic E-state index is 0.843. The van der Waals surface area contributed by atoms with Crippen LogP contribution in [0, 0.1) is 0 Å². The molecule has 0 amide bonds. The maximum absolute atomic E-state index is 5.28. The van der Waals surface area contributed by atoms with E-state index in [1.54, 1.807) is 0 Å². The van der Waals surface area contributed by atoms with Crippen LogP contribution >= 0.6 is 0 Å². The van der Waals surface area contributed by atoms with Crippen molar-refractivity contribution in [2.24, 2.45) is 0 Å². The molecule has 0 radical (unpaired) electrons. The third kappa shape index (κ3) is 8.80. The summed E-state index contributed by atoms with van der Waals surface area (Å²) in [5.41, 5.74) is 21.6. The Morgan fingerprint density at radius 3 is 0.719 bits per heavy atom. The van der Waals surface area contributed by atoms with Gasteiger partial charge < -0.3 is 9.13 Å². The highest BCUT2D eigenvalue weighted by Crippen LogP contribution is 2.40. The predicted molar refractivity (Wildman–Crippen MR) is 367 cm³/mol. The Labute approximate surface area is 513 Å². The standard InChI is InChI=1S/C45H30N6.C36H24N2/c1-4-16-34(17-5-1)49-40-25-13-10-22-37(40)46-43(49)31-28-32(44-47-38-23-11-14-26-41(38)50(44)35-18-6-2-7-19-35)30-33(29-31)45-48-39-24-12-15-27-42(39)51(45)36-20-8-3-9-21-36;1-5-19-33-29(15-1)30-16-2-6-20-34(30)37(33)27-13-9-11-25(23-27)26-12-10-14-28(24-26)38-35-21-7-3-17-31(35)32-18-4-8-22-36(32)38/h1-30H;1-24H. The molecule has 18 aromatic rings. The monoisotopic (exact) mass is 1140 g/mol. The summed E-state index contributed by atoms with van der Waals surface area (Å²) < 4.78 is 11.5. The Balaban J connectivity index is 0.000000144. The molecule has 0 atom stereocenters. The summed E-state index contributed by atoms with van der Waals surface area (Å²) in [6, 6.07) is 115. The molecule has 0 N–H and O–H groups in total. The first-order valence-electron chi connectivity index (χ1n) is 30.1. The van der Waals surface area contributed by atoms with E-state index >= 15 is 0 Å². The molecule has 0 aliphatic carbocycles.